The largest absolute Gasteiger partial charge is 0.481 e. The van der Waals surface area contributed by atoms with E-state index in [-0.39, 0.29) is 18.4 Å². The van der Waals surface area contributed by atoms with Gasteiger partial charge in [0.2, 0.25) is 5.91 Å². The molecule has 1 N–H and O–H groups in total. The van der Waals surface area contributed by atoms with E-state index in [9.17, 15) is 14.4 Å². The van der Waals surface area contributed by atoms with Gasteiger partial charge in [-0.3, -0.25) is 9.59 Å². The van der Waals surface area contributed by atoms with Crippen LogP contribution in [0.15, 0.2) is 0 Å². The van der Waals surface area contributed by atoms with Crippen molar-refractivity contribution in [2.24, 2.45) is 0 Å². The summed E-state index contributed by atoms with van der Waals surface area (Å²) in [6, 6.07) is 0. The molecular weight excluding hydrogens is 312 g/mol. The van der Waals surface area contributed by atoms with Crippen molar-refractivity contribution in [1.29, 1.82) is 0 Å². The zero-order chi connectivity index (χ0) is 18.2. The minimum Gasteiger partial charge on any atom is -0.481 e. The lowest BCUT2D eigenvalue weighted by Gasteiger charge is -2.35. The van der Waals surface area contributed by atoms with Crippen LogP contribution in [0.25, 0.3) is 0 Å². The highest BCUT2D eigenvalue weighted by Crippen LogP contribution is 2.13. The smallest absolute Gasteiger partial charge is 0.410 e. The third kappa shape index (κ3) is 8.17. The van der Waals surface area contributed by atoms with Crippen molar-refractivity contribution < 1.29 is 24.2 Å². The molecule has 24 heavy (non-hydrogen) atoms. The first-order valence-electron chi connectivity index (χ1n) is 8.66. The van der Waals surface area contributed by atoms with Gasteiger partial charge in [0.1, 0.15) is 5.60 Å². The first-order valence-corrected chi connectivity index (χ1v) is 8.66. The van der Waals surface area contributed by atoms with Crippen molar-refractivity contribution >= 4 is 18.0 Å². The number of hydrogen-bond acceptors (Lipinski definition) is 4. The average Bonchev–Trinajstić information content (AvgIpc) is 2.48. The molecule has 0 aromatic rings. The molecule has 1 saturated heterocycles. The number of carboxylic acids is 1. The fraction of sp³-hybridized carbons (Fsp3) is 0.824. The summed E-state index contributed by atoms with van der Waals surface area (Å²) >= 11 is 0. The van der Waals surface area contributed by atoms with Crippen molar-refractivity contribution in [1.82, 2.24) is 9.80 Å². The number of carboxylic acid groups (broad SMARTS) is 1. The summed E-state index contributed by atoms with van der Waals surface area (Å²) in [6.45, 7) is 7.58. The minimum atomic E-state index is -0.770. The molecule has 0 aromatic carbocycles. The van der Waals surface area contributed by atoms with Gasteiger partial charge in [-0.2, -0.15) is 0 Å². The van der Waals surface area contributed by atoms with Crippen LogP contribution in [0.2, 0.25) is 0 Å². The molecule has 1 rings (SSSR count). The number of piperazine rings is 1. The van der Waals surface area contributed by atoms with Crippen LogP contribution in [0, 0.1) is 0 Å². The molecule has 1 aliphatic rings. The Morgan fingerprint density at radius 2 is 1.38 bits per heavy atom. The Morgan fingerprint density at radius 1 is 0.875 bits per heavy atom. The molecule has 0 atom stereocenters. The number of hydrogen-bond donors (Lipinski definition) is 1. The molecule has 0 aromatic heterocycles. The number of rotatable bonds is 7. The van der Waals surface area contributed by atoms with E-state index in [0.29, 0.717) is 39.0 Å². The highest BCUT2D eigenvalue weighted by molar-refractivity contribution is 5.76. The van der Waals surface area contributed by atoms with Gasteiger partial charge in [0.15, 0.2) is 0 Å². The van der Waals surface area contributed by atoms with Gasteiger partial charge in [-0.05, 0) is 33.6 Å². The molecule has 0 unspecified atom stereocenters. The maximum atomic E-state index is 12.1. The predicted molar refractivity (Wildman–Crippen MR) is 89.7 cm³/mol. The standard InChI is InChI=1S/C17H30N2O5/c1-17(2,3)24-16(23)19-12-10-18(11-13-19)14(20)8-6-4-5-7-9-15(21)22/h4-13H2,1-3H3,(H,21,22). The Morgan fingerprint density at radius 3 is 1.88 bits per heavy atom. The number of aliphatic carboxylic acids is 1. The van der Waals surface area contributed by atoms with Crippen LogP contribution in [0.1, 0.15) is 59.3 Å². The fourth-order valence-electron chi connectivity index (χ4n) is 2.53. The quantitative estimate of drug-likeness (QED) is 0.718. The van der Waals surface area contributed by atoms with Gasteiger partial charge in [0.25, 0.3) is 0 Å². The summed E-state index contributed by atoms with van der Waals surface area (Å²) < 4.78 is 5.33. The van der Waals surface area contributed by atoms with Crippen molar-refractivity contribution in [3.05, 3.63) is 0 Å². The van der Waals surface area contributed by atoms with Crippen molar-refractivity contribution in [3.8, 4) is 0 Å². The number of carbonyl (C=O) groups is 3. The fourth-order valence-corrected chi connectivity index (χ4v) is 2.53. The molecule has 7 heteroatoms. The van der Waals surface area contributed by atoms with Crippen molar-refractivity contribution in [3.63, 3.8) is 0 Å². The molecule has 1 fully saturated rings. The number of ether oxygens (including phenoxy) is 1. The third-order valence-corrected chi connectivity index (χ3v) is 3.82. The SMILES string of the molecule is CC(C)(C)OC(=O)N1CCN(C(=O)CCCCCCC(=O)O)CC1. The normalized spacial score (nSPS) is 15.3. The maximum Gasteiger partial charge on any atom is 0.410 e. The van der Waals surface area contributed by atoms with Crippen LogP contribution in [-0.2, 0) is 14.3 Å². The molecule has 0 radical (unpaired) electrons. The van der Waals surface area contributed by atoms with Crippen LogP contribution in [0.5, 0.6) is 0 Å². The molecule has 0 spiro atoms. The van der Waals surface area contributed by atoms with Gasteiger partial charge in [-0.15, -0.1) is 0 Å². The van der Waals surface area contributed by atoms with Crippen molar-refractivity contribution in [2.75, 3.05) is 26.2 Å². The molecule has 7 nitrogen and oxygen atoms in total. The number of unbranched alkanes of at least 4 members (excludes halogenated alkanes) is 3. The second-order valence-electron chi connectivity index (χ2n) is 7.16. The van der Waals surface area contributed by atoms with Crippen LogP contribution in [-0.4, -0.2) is 64.7 Å². The Balaban J connectivity index is 2.19. The monoisotopic (exact) mass is 342 g/mol. The number of amides is 2. The maximum absolute atomic E-state index is 12.1. The molecule has 2 amide bonds. The van der Waals surface area contributed by atoms with Gasteiger partial charge < -0.3 is 19.6 Å². The Hall–Kier alpha value is -1.79. The Labute approximate surface area is 143 Å². The summed E-state index contributed by atoms with van der Waals surface area (Å²) in [7, 11) is 0. The van der Waals surface area contributed by atoms with Crippen LogP contribution < -0.4 is 0 Å². The van der Waals surface area contributed by atoms with E-state index < -0.39 is 11.6 Å². The highest BCUT2D eigenvalue weighted by atomic mass is 16.6. The molecular formula is C17H30N2O5. The van der Waals surface area contributed by atoms with Crippen LogP contribution in [0.4, 0.5) is 4.79 Å². The lowest BCUT2D eigenvalue weighted by Crippen LogP contribution is -2.51. The summed E-state index contributed by atoms with van der Waals surface area (Å²) in [4.78, 5) is 37.9. The molecule has 0 saturated carbocycles. The first kappa shape index (κ1) is 20.3. The predicted octanol–water partition coefficient (Wildman–Crippen LogP) is 2.49. The van der Waals surface area contributed by atoms with Crippen molar-refractivity contribution in [2.45, 2.75) is 64.9 Å². The molecule has 1 aliphatic heterocycles. The molecule has 0 aliphatic carbocycles. The van der Waals surface area contributed by atoms with E-state index in [4.69, 9.17) is 9.84 Å². The number of carbonyl (C=O) groups excluding carboxylic acids is 2. The van der Waals surface area contributed by atoms with Gasteiger partial charge in [-0.25, -0.2) is 4.79 Å². The van der Waals surface area contributed by atoms with E-state index >= 15 is 0 Å². The van der Waals surface area contributed by atoms with E-state index in [1.165, 1.54) is 0 Å². The zero-order valence-corrected chi connectivity index (χ0v) is 15.0. The summed E-state index contributed by atoms with van der Waals surface area (Å²) in [5.74, 6) is -0.661. The second kappa shape index (κ2) is 9.49. The van der Waals surface area contributed by atoms with Gasteiger partial charge in [0.05, 0.1) is 0 Å². The summed E-state index contributed by atoms with van der Waals surface area (Å²) in [5.41, 5.74) is -0.509. The van der Waals surface area contributed by atoms with Gasteiger partial charge >= 0.3 is 12.1 Å². The van der Waals surface area contributed by atoms with E-state index in [0.717, 1.165) is 19.3 Å². The van der Waals surface area contributed by atoms with Crippen LogP contribution >= 0.6 is 0 Å². The Kier molecular flexibility index (Phi) is 8.01. The van der Waals surface area contributed by atoms with Gasteiger partial charge in [0, 0.05) is 39.0 Å². The van der Waals surface area contributed by atoms with E-state index in [2.05, 4.69) is 0 Å². The molecule has 138 valence electrons. The third-order valence-electron chi connectivity index (χ3n) is 3.82. The van der Waals surface area contributed by atoms with E-state index in [1.807, 2.05) is 20.8 Å². The highest BCUT2D eigenvalue weighted by Gasteiger charge is 2.27. The van der Waals surface area contributed by atoms with Gasteiger partial charge in [-0.1, -0.05) is 12.8 Å². The summed E-state index contributed by atoms with van der Waals surface area (Å²) in [5, 5.41) is 8.55. The first-order chi connectivity index (χ1) is 11.2. The van der Waals surface area contributed by atoms with Crippen LogP contribution in [0.3, 0.4) is 0 Å². The Bertz CT molecular complexity index is 437. The number of nitrogens with zero attached hydrogens (tertiary/aromatic N) is 2. The zero-order valence-electron chi connectivity index (χ0n) is 15.0. The topological polar surface area (TPSA) is 87.2 Å². The van der Waals surface area contributed by atoms with E-state index in [1.54, 1.807) is 9.80 Å². The molecule has 0 bridgehead atoms. The summed E-state index contributed by atoms with van der Waals surface area (Å²) in [6.07, 6.45) is 3.51. The average molecular weight is 342 g/mol. The lowest BCUT2D eigenvalue weighted by molar-refractivity contribution is -0.137. The second-order valence-corrected chi connectivity index (χ2v) is 7.16. The lowest BCUT2D eigenvalue weighted by atomic mass is 10.1. The molecule has 1 heterocycles. The minimum absolute atomic E-state index is 0.108.